The maximum atomic E-state index is 3.72. The van der Waals surface area contributed by atoms with Gasteiger partial charge in [-0.1, -0.05) is 67.4 Å². The van der Waals surface area contributed by atoms with Crippen LogP contribution in [0.25, 0.3) is 11.1 Å². The van der Waals surface area contributed by atoms with Crippen molar-refractivity contribution in [2.75, 3.05) is 0 Å². The Morgan fingerprint density at radius 2 is 1.80 bits per heavy atom. The van der Waals surface area contributed by atoms with Gasteiger partial charge in [-0.3, -0.25) is 0 Å². The van der Waals surface area contributed by atoms with Crippen LogP contribution in [0.5, 0.6) is 0 Å². The lowest BCUT2D eigenvalue weighted by atomic mass is 9.93. The van der Waals surface area contributed by atoms with Crippen LogP contribution in [0.1, 0.15) is 43.9 Å². The molecule has 0 N–H and O–H groups in total. The molecule has 2 rings (SSSR count). The van der Waals surface area contributed by atoms with Gasteiger partial charge in [0.25, 0.3) is 0 Å². The van der Waals surface area contributed by atoms with Crippen molar-refractivity contribution in [2.24, 2.45) is 0 Å². The third kappa shape index (κ3) is 3.32. The average Bonchev–Trinajstić information content (AvgIpc) is 2.49. The minimum atomic E-state index is 1.03. The maximum absolute atomic E-state index is 3.72. The summed E-state index contributed by atoms with van der Waals surface area (Å²) < 4.78 is 1.18. The van der Waals surface area contributed by atoms with E-state index in [2.05, 4.69) is 73.1 Å². The number of aryl methyl sites for hydroxylation is 3. The lowest BCUT2D eigenvalue weighted by Gasteiger charge is -2.13. The van der Waals surface area contributed by atoms with Crippen LogP contribution in [0.4, 0.5) is 0 Å². The highest BCUT2D eigenvalue weighted by molar-refractivity contribution is 9.10. The lowest BCUT2D eigenvalue weighted by molar-refractivity contribution is 0.922. The SMILES string of the molecule is CCCc1ccc(Br)c(-c2cc(CC)[c]cc2CC)c1. The molecule has 1 radical (unpaired) electrons. The molecular formula is C19H22Br. The smallest absolute Gasteiger partial charge is 0.0254 e. The Morgan fingerprint density at radius 1 is 1.00 bits per heavy atom. The fourth-order valence-electron chi connectivity index (χ4n) is 2.54. The Morgan fingerprint density at radius 3 is 2.45 bits per heavy atom. The van der Waals surface area contributed by atoms with Crippen molar-refractivity contribution in [2.45, 2.75) is 46.5 Å². The quantitative estimate of drug-likeness (QED) is 0.631. The summed E-state index contributed by atoms with van der Waals surface area (Å²) in [4.78, 5) is 0. The van der Waals surface area contributed by atoms with Crippen molar-refractivity contribution in [1.29, 1.82) is 0 Å². The van der Waals surface area contributed by atoms with Gasteiger partial charge in [0, 0.05) is 4.47 Å². The molecule has 0 spiro atoms. The zero-order chi connectivity index (χ0) is 14.5. The van der Waals surface area contributed by atoms with Crippen LogP contribution in [0.3, 0.4) is 0 Å². The normalized spacial score (nSPS) is 10.8. The Kier molecular flexibility index (Phi) is 5.42. The highest BCUT2D eigenvalue weighted by atomic mass is 79.9. The Labute approximate surface area is 131 Å². The van der Waals surface area contributed by atoms with Crippen LogP contribution in [-0.4, -0.2) is 0 Å². The van der Waals surface area contributed by atoms with Crippen molar-refractivity contribution in [3.05, 3.63) is 57.6 Å². The van der Waals surface area contributed by atoms with Crippen molar-refractivity contribution in [1.82, 2.24) is 0 Å². The molecule has 0 atom stereocenters. The summed E-state index contributed by atoms with van der Waals surface area (Å²) in [7, 11) is 0. The number of halogens is 1. The molecule has 0 aromatic heterocycles. The van der Waals surface area contributed by atoms with Crippen LogP contribution < -0.4 is 0 Å². The fraction of sp³-hybridized carbons (Fsp3) is 0.368. The molecule has 0 amide bonds. The summed E-state index contributed by atoms with van der Waals surface area (Å²) in [6.07, 6.45) is 4.40. The zero-order valence-electron chi connectivity index (χ0n) is 12.6. The van der Waals surface area contributed by atoms with Gasteiger partial charge in [-0.15, -0.1) is 0 Å². The predicted octanol–water partition coefficient (Wildman–Crippen LogP) is 5.99. The zero-order valence-corrected chi connectivity index (χ0v) is 14.2. The standard InChI is InChI=1S/C19H22Br/c1-4-7-15-9-11-19(20)18(13-15)17-12-14(5-2)8-10-16(17)6-3/h9-13H,4-7H2,1-3H3. The van der Waals surface area contributed by atoms with Crippen molar-refractivity contribution in [3.8, 4) is 11.1 Å². The molecule has 0 bridgehead atoms. The molecule has 0 unspecified atom stereocenters. The number of hydrogen-bond acceptors (Lipinski definition) is 0. The van der Waals surface area contributed by atoms with E-state index in [9.17, 15) is 0 Å². The van der Waals surface area contributed by atoms with Gasteiger partial charge in [0.05, 0.1) is 0 Å². The fourth-order valence-corrected chi connectivity index (χ4v) is 3.00. The summed E-state index contributed by atoms with van der Waals surface area (Å²) in [6, 6.07) is 14.6. The summed E-state index contributed by atoms with van der Waals surface area (Å²) in [5.74, 6) is 0. The van der Waals surface area contributed by atoms with Crippen LogP contribution in [-0.2, 0) is 19.3 Å². The second-order valence-electron chi connectivity index (χ2n) is 5.17. The van der Waals surface area contributed by atoms with E-state index in [0.29, 0.717) is 0 Å². The number of hydrogen-bond donors (Lipinski definition) is 0. The first-order chi connectivity index (χ1) is 9.69. The molecule has 20 heavy (non-hydrogen) atoms. The van der Waals surface area contributed by atoms with E-state index in [4.69, 9.17) is 0 Å². The van der Waals surface area contributed by atoms with Gasteiger partial charge in [-0.2, -0.15) is 0 Å². The maximum Gasteiger partial charge on any atom is 0.0254 e. The van der Waals surface area contributed by atoms with Gasteiger partial charge < -0.3 is 0 Å². The summed E-state index contributed by atoms with van der Waals surface area (Å²) in [5.41, 5.74) is 6.74. The van der Waals surface area contributed by atoms with E-state index in [0.717, 1.165) is 19.3 Å². The predicted molar refractivity (Wildman–Crippen MR) is 91.2 cm³/mol. The van der Waals surface area contributed by atoms with E-state index in [-0.39, 0.29) is 0 Å². The summed E-state index contributed by atoms with van der Waals surface area (Å²) in [5, 5.41) is 0. The van der Waals surface area contributed by atoms with Crippen LogP contribution in [0.2, 0.25) is 0 Å². The highest BCUT2D eigenvalue weighted by Gasteiger charge is 2.09. The Balaban J connectivity index is 2.56. The van der Waals surface area contributed by atoms with Gasteiger partial charge in [0.15, 0.2) is 0 Å². The monoisotopic (exact) mass is 329 g/mol. The van der Waals surface area contributed by atoms with Gasteiger partial charge in [0.1, 0.15) is 0 Å². The average molecular weight is 330 g/mol. The molecule has 0 nitrogen and oxygen atoms in total. The van der Waals surface area contributed by atoms with Crippen LogP contribution >= 0.6 is 15.9 Å². The van der Waals surface area contributed by atoms with E-state index in [1.165, 1.54) is 38.7 Å². The second kappa shape index (κ2) is 7.08. The molecule has 105 valence electrons. The van der Waals surface area contributed by atoms with Gasteiger partial charge in [-0.05, 0) is 59.2 Å². The molecule has 0 aliphatic rings. The minimum Gasteiger partial charge on any atom is -0.0651 e. The number of rotatable bonds is 5. The topological polar surface area (TPSA) is 0 Å². The first-order valence-corrected chi connectivity index (χ1v) is 8.31. The Bertz CT molecular complexity index is 584. The number of benzene rings is 2. The minimum absolute atomic E-state index is 1.03. The first-order valence-electron chi connectivity index (χ1n) is 7.51. The van der Waals surface area contributed by atoms with Crippen LogP contribution in [0, 0.1) is 6.07 Å². The summed E-state index contributed by atoms with van der Waals surface area (Å²) in [6.45, 7) is 6.62. The third-order valence-electron chi connectivity index (χ3n) is 3.72. The molecule has 0 fully saturated rings. The van der Waals surface area contributed by atoms with Gasteiger partial charge in [0.2, 0.25) is 0 Å². The molecular weight excluding hydrogens is 308 g/mol. The third-order valence-corrected chi connectivity index (χ3v) is 4.41. The molecule has 1 heteroatoms. The lowest BCUT2D eigenvalue weighted by Crippen LogP contribution is -1.93. The van der Waals surface area contributed by atoms with E-state index in [1.54, 1.807) is 0 Å². The Hall–Kier alpha value is -1.08. The molecule has 0 saturated carbocycles. The van der Waals surface area contributed by atoms with E-state index < -0.39 is 0 Å². The van der Waals surface area contributed by atoms with Crippen molar-refractivity contribution >= 4 is 15.9 Å². The van der Waals surface area contributed by atoms with E-state index in [1.807, 2.05) is 0 Å². The second-order valence-corrected chi connectivity index (χ2v) is 6.02. The highest BCUT2D eigenvalue weighted by Crippen LogP contribution is 2.33. The van der Waals surface area contributed by atoms with Gasteiger partial charge in [-0.25, -0.2) is 0 Å². The van der Waals surface area contributed by atoms with Gasteiger partial charge >= 0.3 is 0 Å². The molecule has 0 heterocycles. The molecule has 0 aliphatic carbocycles. The van der Waals surface area contributed by atoms with Crippen molar-refractivity contribution in [3.63, 3.8) is 0 Å². The van der Waals surface area contributed by atoms with Crippen LogP contribution in [0.15, 0.2) is 34.8 Å². The first kappa shape index (κ1) is 15.3. The molecule has 2 aromatic carbocycles. The molecule has 0 saturated heterocycles. The van der Waals surface area contributed by atoms with Crippen molar-refractivity contribution < 1.29 is 0 Å². The summed E-state index contributed by atoms with van der Waals surface area (Å²) >= 11 is 3.72. The van der Waals surface area contributed by atoms with E-state index >= 15 is 0 Å². The molecule has 0 aliphatic heterocycles. The largest absolute Gasteiger partial charge is 0.0651 e. The molecule has 2 aromatic rings.